The number of halogens is 1. The van der Waals surface area contributed by atoms with Crippen LogP contribution in [-0.2, 0) is 4.84 Å². The first-order valence-corrected chi connectivity index (χ1v) is 5.67. The summed E-state index contributed by atoms with van der Waals surface area (Å²) in [6.07, 6.45) is 1.47. The molecule has 1 aromatic heterocycles. The molecule has 0 saturated heterocycles. The molecule has 0 fully saturated rings. The maximum atomic E-state index is 12.9. The second-order valence-electron chi connectivity index (χ2n) is 4.02. The molecule has 100 valence electrons. The van der Waals surface area contributed by atoms with Gasteiger partial charge in [0, 0.05) is 7.05 Å². The van der Waals surface area contributed by atoms with Crippen LogP contribution in [0, 0.1) is 12.7 Å². The van der Waals surface area contributed by atoms with Crippen molar-refractivity contribution in [2.75, 3.05) is 14.2 Å². The van der Waals surface area contributed by atoms with Gasteiger partial charge in [-0.05, 0) is 31.2 Å². The van der Waals surface area contributed by atoms with Gasteiger partial charge in [0.05, 0.1) is 30.3 Å². The minimum atomic E-state index is -0.316. The number of hydrogen-bond donors (Lipinski definition) is 0. The minimum Gasteiger partial charge on any atom is -0.274 e. The molecule has 1 aromatic carbocycles. The predicted molar refractivity (Wildman–Crippen MR) is 67.4 cm³/mol. The van der Waals surface area contributed by atoms with Crippen molar-refractivity contribution in [1.29, 1.82) is 0 Å². The molecule has 1 amide bonds. The van der Waals surface area contributed by atoms with E-state index >= 15 is 0 Å². The molecule has 0 aliphatic carbocycles. The van der Waals surface area contributed by atoms with E-state index in [-0.39, 0.29) is 11.7 Å². The maximum absolute atomic E-state index is 12.9. The lowest BCUT2D eigenvalue weighted by Gasteiger charge is -2.13. The van der Waals surface area contributed by atoms with E-state index in [0.717, 1.165) is 5.06 Å². The molecule has 0 aliphatic heterocycles. The van der Waals surface area contributed by atoms with Crippen molar-refractivity contribution in [2.45, 2.75) is 6.92 Å². The molecule has 2 rings (SSSR count). The number of aromatic nitrogens is 2. The summed E-state index contributed by atoms with van der Waals surface area (Å²) in [4.78, 5) is 16.8. The van der Waals surface area contributed by atoms with Gasteiger partial charge >= 0.3 is 0 Å². The highest BCUT2D eigenvalue weighted by molar-refractivity contribution is 5.94. The summed E-state index contributed by atoms with van der Waals surface area (Å²) >= 11 is 0. The fraction of sp³-hybridized carbons (Fsp3) is 0.231. The average Bonchev–Trinajstić information content (AvgIpc) is 2.80. The molecule has 0 unspecified atom stereocenters. The van der Waals surface area contributed by atoms with Crippen molar-refractivity contribution >= 4 is 5.91 Å². The van der Waals surface area contributed by atoms with Gasteiger partial charge in [-0.3, -0.25) is 9.63 Å². The molecule has 0 spiro atoms. The van der Waals surface area contributed by atoms with Crippen LogP contribution in [0.5, 0.6) is 0 Å². The topological polar surface area (TPSA) is 47.4 Å². The quantitative estimate of drug-likeness (QED) is 0.795. The van der Waals surface area contributed by atoms with Gasteiger partial charge in [0.15, 0.2) is 0 Å². The third-order valence-corrected chi connectivity index (χ3v) is 2.87. The fourth-order valence-electron chi connectivity index (χ4n) is 1.71. The Kier molecular flexibility index (Phi) is 3.62. The zero-order valence-electron chi connectivity index (χ0n) is 10.9. The highest BCUT2D eigenvalue weighted by Gasteiger charge is 2.18. The Labute approximate surface area is 110 Å². The molecule has 0 bridgehead atoms. The smallest absolute Gasteiger partial charge is 0.274 e. The summed E-state index contributed by atoms with van der Waals surface area (Å²) in [7, 11) is 2.94. The summed E-state index contributed by atoms with van der Waals surface area (Å²) in [5.41, 5.74) is 1.80. The van der Waals surface area contributed by atoms with Crippen molar-refractivity contribution in [3.8, 4) is 5.69 Å². The van der Waals surface area contributed by atoms with Gasteiger partial charge in [-0.1, -0.05) is 0 Å². The lowest BCUT2D eigenvalue weighted by atomic mass is 10.2. The first-order valence-electron chi connectivity index (χ1n) is 5.67. The van der Waals surface area contributed by atoms with E-state index in [2.05, 4.69) is 5.10 Å². The second kappa shape index (κ2) is 5.19. The van der Waals surface area contributed by atoms with Gasteiger partial charge in [0.25, 0.3) is 5.91 Å². The molecular weight excluding hydrogens is 249 g/mol. The summed E-state index contributed by atoms with van der Waals surface area (Å²) in [5.74, 6) is -0.600. The van der Waals surface area contributed by atoms with E-state index in [1.807, 2.05) is 0 Å². The lowest BCUT2D eigenvalue weighted by molar-refractivity contribution is -0.0757. The molecule has 6 heteroatoms. The molecule has 0 radical (unpaired) electrons. The molecule has 0 aliphatic rings. The maximum Gasteiger partial charge on any atom is 0.280 e. The Morgan fingerprint density at radius 3 is 2.58 bits per heavy atom. The molecule has 0 saturated carbocycles. The van der Waals surface area contributed by atoms with E-state index in [4.69, 9.17) is 4.84 Å². The standard InChI is InChI=1S/C13H14FN3O2/c1-9-12(13(18)16(2)19-3)8-15-17(9)11-6-4-10(14)5-7-11/h4-8H,1-3H3. The Balaban J connectivity index is 2.38. The number of benzene rings is 1. The van der Waals surface area contributed by atoms with Crippen molar-refractivity contribution in [1.82, 2.24) is 14.8 Å². The molecule has 5 nitrogen and oxygen atoms in total. The second-order valence-corrected chi connectivity index (χ2v) is 4.02. The van der Waals surface area contributed by atoms with E-state index < -0.39 is 0 Å². The van der Waals surface area contributed by atoms with E-state index in [0.29, 0.717) is 16.9 Å². The van der Waals surface area contributed by atoms with Crippen LogP contribution in [0.25, 0.3) is 5.69 Å². The van der Waals surface area contributed by atoms with Crippen LogP contribution < -0.4 is 0 Å². The van der Waals surface area contributed by atoms with E-state index in [1.165, 1.54) is 32.5 Å². The molecular formula is C13H14FN3O2. The third-order valence-electron chi connectivity index (χ3n) is 2.87. The van der Waals surface area contributed by atoms with Gasteiger partial charge in [0.1, 0.15) is 5.82 Å². The first kappa shape index (κ1) is 13.2. The van der Waals surface area contributed by atoms with Gasteiger partial charge in [-0.2, -0.15) is 5.10 Å². The van der Waals surface area contributed by atoms with Crippen LogP contribution in [0.2, 0.25) is 0 Å². The minimum absolute atomic E-state index is 0.284. The van der Waals surface area contributed by atoms with Crippen LogP contribution in [0.15, 0.2) is 30.5 Å². The first-order chi connectivity index (χ1) is 9.04. The molecule has 0 atom stereocenters. The molecule has 19 heavy (non-hydrogen) atoms. The predicted octanol–water partition coefficient (Wildman–Crippen LogP) is 1.95. The Hall–Kier alpha value is -2.21. The molecule has 0 N–H and O–H groups in total. The van der Waals surface area contributed by atoms with E-state index in [1.54, 1.807) is 23.7 Å². The monoisotopic (exact) mass is 263 g/mol. The van der Waals surface area contributed by atoms with Crippen LogP contribution >= 0.6 is 0 Å². The number of rotatable bonds is 3. The van der Waals surface area contributed by atoms with Crippen molar-refractivity contribution in [2.24, 2.45) is 0 Å². The number of hydrogen-bond acceptors (Lipinski definition) is 3. The van der Waals surface area contributed by atoms with Crippen LogP contribution in [0.1, 0.15) is 16.1 Å². The zero-order chi connectivity index (χ0) is 14.0. The fourth-order valence-corrected chi connectivity index (χ4v) is 1.71. The van der Waals surface area contributed by atoms with Crippen LogP contribution in [0.4, 0.5) is 4.39 Å². The Bertz CT molecular complexity index is 592. The Morgan fingerprint density at radius 1 is 1.37 bits per heavy atom. The van der Waals surface area contributed by atoms with E-state index in [9.17, 15) is 9.18 Å². The van der Waals surface area contributed by atoms with Gasteiger partial charge in [0.2, 0.25) is 0 Å². The Morgan fingerprint density at radius 2 is 2.00 bits per heavy atom. The van der Waals surface area contributed by atoms with Crippen LogP contribution in [-0.4, -0.2) is 34.9 Å². The lowest BCUT2D eigenvalue weighted by Crippen LogP contribution is -2.25. The van der Waals surface area contributed by atoms with Crippen LogP contribution in [0.3, 0.4) is 0 Å². The van der Waals surface area contributed by atoms with Gasteiger partial charge in [-0.25, -0.2) is 14.1 Å². The number of hydroxylamine groups is 2. The summed E-state index contributed by atoms with van der Waals surface area (Å²) in [6, 6.07) is 5.89. The SMILES string of the molecule is CON(C)C(=O)c1cnn(-c2ccc(F)cc2)c1C. The highest BCUT2D eigenvalue weighted by atomic mass is 19.1. The number of amides is 1. The molecule has 1 heterocycles. The average molecular weight is 263 g/mol. The largest absolute Gasteiger partial charge is 0.280 e. The van der Waals surface area contributed by atoms with Crippen molar-refractivity contribution in [3.05, 3.63) is 47.5 Å². The molecule has 2 aromatic rings. The normalized spacial score (nSPS) is 10.5. The van der Waals surface area contributed by atoms with Crippen molar-refractivity contribution < 1.29 is 14.0 Å². The number of carbonyl (C=O) groups excluding carboxylic acids is 1. The summed E-state index contributed by atoms with van der Waals surface area (Å²) < 4.78 is 14.5. The third kappa shape index (κ3) is 2.48. The summed E-state index contributed by atoms with van der Waals surface area (Å²) in [5, 5.41) is 5.27. The van der Waals surface area contributed by atoms with Gasteiger partial charge < -0.3 is 0 Å². The number of nitrogens with zero attached hydrogens (tertiary/aromatic N) is 3. The number of carbonyl (C=O) groups is 1. The zero-order valence-corrected chi connectivity index (χ0v) is 10.9. The highest BCUT2D eigenvalue weighted by Crippen LogP contribution is 2.16. The van der Waals surface area contributed by atoms with Gasteiger partial charge in [-0.15, -0.1) is 0 Å². The van der Waals surface area contributed by atoms with Crippen molar-refractivity contribution in [3.63, 3.8) is 0 Å². The summed E-state index contributed by atoms with van der Waals surface area (Å²) in [6.45, 7) is 1.77.